The first-order chi connectivity index (χ1) is 10.1. The molecule has 0 aliphatic carbocycles. The monoisotopic (exact) mass is 303 g/mol. The summed E-state index contributed by atoms with van der Waals surface area (Å²) in [6.45, 7) is 4.82. The smallest absolute Gasteiger partial charge is 0.160 e. The largest absolute Gasteiger partial charge is 0.308 e. The number of rotatable bonds is 4. The topological polar surface area (TPSA) is 48.5 Å². The molecule has 21 heavy (non-hydrogen) atoms. The van der Waals surface area contributed by atoms with Gasteiger partial charge < -0.3 is 4.57 Å². The summed E-state index contributed by atoms with van der Waals surface area (Å²) in [5, 5.41) is 4.30. The summed E-state index contributed by atoms with van der Waals surface area (Å²) in [6, 6.07) is 2.06. The van der Waals surface area contributed by atoms with Crippen LogP contribution < -0.4 is 0 Å². The van der Waals surface area contributed by atoms with E-state index in [9.17, 15) is 0 Å². The number of fused-ring (bicyclic) bond motifs is 1. The van der Waals surface area contributed by atoms with Gasteiger partial charge in [0.15, 0.2) is 5.65 Å². The van der Waals surface area contributed by atoms with Crippen LogP contribution in [0.1, 0.15) is 22.6 Å². The van der Waals surface area contributed by atoms with Crippen molar-refractivity contribution in [1.82, 2.24) is 24.3 Å². The Morgan fingerprint density at radius 3 is 2.71 bits per heavy atom. The summed E-state index contributed by atoms with van der Waals surface area (Å²) in [5.41, 5.74) is 5.28. The Balaban J connectivity index is 2.10. The molecule has 0 bridgehead atoms. The number of nitrogens with zero attached hydrogens (tertiary/aromatic N) is 5. The quantitative estimate of drug-likeness (QED) is 0.696. The van der Waals surface area contributed by atoms with Gasteiger partial charge in [-0.1, -0.05) is 0 Å². The zero-order valence-corrected chi connectivity index (χ0v) is 13.2. The van der Waals surface area contributed by atoms with Crippen molar-refractivity contribution in [3.8, 4) is 0 Å². The lowest BCUT2D eigenvalue weighted by molar-refractivity contribution is 0.722. The van der Waals surface area contributed by atoms with Crippen LogP contribution in [0.15, 0.2) is 18.5 Å². The molecule has 0 atom stereocenters. The highest BCUT2D eigenvalue weighted by Crippen LogP contribution is 2.19. The Kier molecular flexibility index (Phi) is 3.68. The second-order valence-electron chi connectivity index (χ2n) is 5.29. The molecule has 5 nitrogen and oxygen atoms in total. The highest BCUT2D eigenvalue weighted by molar-refractivity contribution is 6.17. The lowest BCUT2D eigenvalue weighted by Gasteiger charge is -2.07. The first-order valence-corrected chi connectivity index (χ1v) is 7.49. The third kappa shape index (κ3) is 2.53. The van der Waals surface area contributed by atoms with Gasteiger partial charge in [0, 0.05) is 36.8 Å². The van der Waals surface area contributed by atoms with Crippen molar-refractivity contribution in [1.29, 1.82) is 0 Å². The maximum absolute atomic E-state index is 5.92. The standard InChI is InChI=1S/C15H18ClN5/c1-10-6-13-15(17-7-10)21(14(19-13)4-5-16)9-12-8-18-20(3)11(12)2/h6-8H,4-5,9H2,1-3H3. The first-order valence-electron chi connectivity index (χ1n) is 6.95. The van der Waals surface area contributed by atoms with Crippen LogP contribution in [0.4, 0.5) is 0 Å². The maximum atomic E-state index is 5.92. The number of imidazole rings is 1. The molecule has 3 heterocycles. The summed E-state index contributed by atoms with van der Waals surface area (Å²) in [7, 11) is 1.95. The zero-order chi connectivity index (χ0) is 15.0. The molecule has 0 amide bonds. The van der Waals surface area contributed by atoms with Crippen molar-refractivity contribution in [2.75, 3.05) is 5.88 Å². The van der Waals surface area contributed by atoms with E-state index >= 15 is 0 Å². The second kappa shape index (κ2) is 5.48. The van der Waals surface area contributed by atoms with E-state index in [1.807, 2.05) is 31.0 Å². The Morgan fingerprint density at radius 2 is 2.05 bits per heavy atom. The normalized spacial score (nSPS) is 11.4. The fourth-order valence-corrected chi connectivity index (χ4v) is 2.64. The lowest BCUT2D eigenvalue weighted by Crippen LogP contribution is -2.07. The van der Waals surface area contributed by atoms with Gasteiger partial charge in [0.25, 0.3) is 0 Å². The number of halogens is 1. The van der Waals surface area contributed by atoms with Crippen molar-refractivity contribution in [2.45, 2.75) is 26.8 Å². The maximum Gasteiger partial charge on any atom is 0.160 e. The average molecular weight is 304 g/mol. The molecule has 0 spiro atoms. The minimum Gasteiger partial charge on any atom is -0.308 e. The van der Waals surface area contributed by atoms with Crippen molar-refractivity contribution < 1.29 is 0 Å². The van der Waals surface area contributed by atoms with E-state index < -0.39 is 0 Å². The highest BCUT2D eigenvalue weighted by Gasteiger charge is 2.14. The van der Waals surface area contributed by atoms with Crippen molar-refractivity contribution in [2.24, 2.45) is 7.05 Å². The zero-order valence-electron chi connectivity index (χ0n) is 12.5. The minimum absolute atomic E-state index is 0.550. The third-order valence-electron chi connectivity index (χ3n) is 3.78. The number of aromatic nitrogens is 5. The van der Waals surface area contributed by atoms with E-state index in [4.69, 9.17) is 11.6 Å². The van der Waals surface area contributed by atoms with Gasteiger partial charge in [-0.05, 0) is 25.5 Å². The highest BCUT2D eigenvalue weighted by atomic mass is 35.5. The Labute approximate surface area is 128 Å². The third-order valence-corrected chi connectivity index (χ3v) is 3.97. The van der Waals surface area contributed by atoms with Crippen LogP contribution >= 0.6 is 11.6 Å². The van der Waals surface area contributed by atoms with Crippen LogP contribution in [0.3, 0.4) is 0 Å². The molecule has 3 aromatic heterocycles. The van der Waals surface area contributed by atoms with Gasteiger partial charge in [0.1, 0.15) is 11.3 Å². The first kappa shape index (κ1) is 14.1. The van der Waals surface area contributed by atoms with Gasteiger partial charge in [-0.15, -0.1) is 11.6 Å². The number of hydrogen-bond acceptors (Lipinski definition) is 3. The molecule has 6 heteroatoms. The molecule has 3 rings (SSSR count). The summed E-state index contributed by atoms with van der Waals surface area (Å²) >= 11 is 5.92. The molecule has 0 N–H and O–H groups in total. The number of aryl methyl sites for hydroxylation is 3. The summed E-state index contributed by atoms with van der Waals surface area (Å²) < 4.78 is 4.02. The van der Waals surface area contributed by atoms with E-state index in [1.165, 1.54) is 5.56 Å². The van der Waals surface area contributed by atoms with E-state index in [0.717, 1.165) is 41.2 Å². The molecular weight excluding hydrogens is 286 g/mol. The molecule has 0 aliphatic rings. The summed E-state index contributed by atoms with van der Waals surface area (Å²) in [4.78, 5) is 9.23. The second-order valence-corrected chi connectivity index (χ2v) is 5.67. The fourth-order valence-electron chi connectivity index (χ4n) is 2.47. The molecule has 0 aromatic carbocycles. The van der Waals surface area contributed by atoms with Crippen LogP contribution in [0.25, 0.3) is 11.2 Å². The Bertz CT molecular complexity index is 787. The Hall–Kier alpha value is -1.88. The van der Waals surface area contributed by atoms with Crippen LogP contribution in [-0.4, -0.2) is 30.2 Å². The van der Waals surface area contributed by atoms with Crippen LogP contribution in [-0.2, 0) is 20.0 Å². The van der Waals surface area contributed by atoms with Gasteiger partial charge in [0.05, 0.1) is 12.7 Å². The minimum atomic E-state index is 0.550. The molecule has 0 saturated carbocycles. The summed E-state index contributed by atoms with van der Waals surface area (Å²) in [6.07, 6.45) is 4.51. The van der Waals surface area contributed by atoms with Gasteiger partial charge >= 0.3 is 0 Å². The Morgan fingerprint density at radius 1 is 1.24 bits per heavy atom. The summed E-state index contributed by atoms with van der Waals surface area (Å²) in [5.74, 6) is 1.52. The van der Waals surface area contributed by atoms with Crippen LogP contribution in [0.5, 0.6) is 0 Å². The fraction of sp³-hybridized carbons (Fsp3) is 0.400. The molecule has 0 aliphatic heterocycles. The number of alkyl halides is 1. The molecule has 0 radical (unpaired) electrons. The molecular formula is C15H18ClN5. The van der Waals surface area contributed by atoms with Crippen molar-refractivity contribution in [3.63, 3.8) is 0 Å². The molecule has 110 valence electrons. The number of hydrogen-bond donors (Lipinski definition) is 0. The van der Waals surface area contributed by atoms with E-state index in [-0.39, 0.29) is 0 Å². The molecule has 3 aromatic rings. The predicted octanol–water partition coefficient (Wildman–Crippen LogP) is 2.61. The van der Waals surface area contributed by atoms with Crippen LogP contribution in [0, 0.1) is 13.8 Å². The van der Waals surface area contributed by atoms with Crippen molar-refractivity contribution in [3.05, 3.63) is 41.1 Å². The van der Waals surface area contributed by atoms with Gasteiger partial charge in [-0.2, -0.15) is 5.10 Å². The van der Waals surface area contributed by atoms with Crippen LogP contribution in [0.2, 0.25) is 0 Å². The van der Waals surface area contributed by atoms with E-state index in [1.54, 1.807) is 0 Å². The van der Waals surface area contributed by atoms with Gasteiger partial charge in [-0.3, -0.25) is 4.68 Å². The lowest BCUT2D eigenvalue weighted by atomic mass is 10.2. The van der Waals surface area contributed by atoms with Gasteiger partial charge in [-0.25, -0.2) is 9.97 Å². The predicted molar refractivity (Wildman–Crippen MR) is 83.7 cm³/mol. The van der Waals surface area contributed by atoms with E-state index in [0.29, 0.717) is 5.88 Å². The molecule has 0 saturated heterocycles. The molecule has 0 unspecified atom stereocenters. The number of pyridine rings is 1. The average Bonchev–Trinajstić information content (AvgIpc) is 2.94. The van der Waals surface area contributed by atoms with Gasteiger partial charge in [0.2, 0.25) is 0 Å². The van der Waals surface area contributed by atoms with Crippen molar-refractivity contribution >= 4 is 22.8 Å². The SMILES string of the molecule is Cc1cnc2c(c1)nc(CCCl)n2Cc1cnn(C)c1C. The van der Waals surface area contributed by atoms with E-state index in [2.05, 4.69) is 32.6 Å². The molecule has 0 fully saturated rings.